The molecule has 2 aromatic carbocycles. The third-order valence-corrected chi connectivity index (χ3v) is 4.65. The number of pyridine rings is 1. The van der Waals surface area contributed by atoms with Crippen LogP contribution in [0.15, 0.2) is 42.5 Å². The number of ether oxygens (including phenoxy) is 1. The SMILES string of the molecule is Cc1nc2ccccc2c(C)c1C(=O)OCC(=O)Nc1cccc([N+](=O)[O-])c1C. The summed E-state index contributed by atoms with van der Waals surface area (Å²) in [5.41, 5.74) is 2.85. The highest BCUT2D eigenvalue weighted by Crippen LogP contribution is 2.25. The van der Waals surface area contributed by atoms with Crippen LogP contribution in [-0.2, 0) is 9.53 Å². The number of aryl methyl sites for hydroxylation is 2. The maximum atomic E-state index is 12.6. The van der Waals surface area contributed by atoms with Crippen LogP contribution in [0.2, 0.25) is 0 Å². The zero-order chi connectivity index (χ0) is 21.1. The lowest BCUT2D eigenvalue weighted by Crippen LogP contribution is -2.22. The van der Waals surface area contributed by atoms with Gasteiger partial charge in [-0.1, -0.05) is 24.3 Å². The molecule has 0 saturated heterocycles. The molecule has 0 aliphatic carbocycles. The van der Waals surface area contributed by atoms with Crippen molar-refractivity contribution in [3.63, 3.8) is 0 Å². The predicted octanol–water partition coefficient (Wildman–Crippen LogP) is 3.86. The van der Waals surface area contributed by atoms with E-state index in [2.05, 4.69) is 10.3 Å². The van der Waals surface area contributed by atoms with Gasteiger partial charge in [-0.05, 0) is 38.5 Å². The number of carbonyl (C=O) groups excluding carboxylic acids is 2. The average Bonchev–Trinajstić information content (AvgIpc) is 2.67. The molecule has 0 unspecified atom stereocenters. The van der Waals surface area contributed by atoms with Gasteiger partial charge in [0.05, 0.1) is 32.9 Å². The molecule has 0 fully saturated rings. The molecule has 8 heteroatoms. The fourth-order valence-corrected chi connectivity index (χ4v) is 3.18. The van der Waals surface area contributed by atoms with Crippen molar-refractivity contribution in [1.82, 2.24) is 4.98 Å². The van der Waals surface area contributed by atoms with E-state index in [1.54, 1.807) is 19.9 Å². The molecule has 0 atom stereocenters. The molecule has 1 aromatic heterocycles. The Bertz CT molecular complexity index is 1140. The summed E-state index contributed by atoms with van der Waals surface area (Å²) in [6.45, 7) is 4.53. The van der Waals surface area contributed by atoms with Gasteiger partial charge in [0, 0.05) is 11.5 Å². The van der Waals surface area contributed by atoms with Crippen molar-refractivity contribution >= 4 is 34.2 Å². The number of nitro groups is 1. The average molecular weight is 393 g/mol. The summed E-state index contributed by atoms with van der Waals surface area (Å²) in [5.74, 6) is -1.24. The van der Waals surface area contributed by atoms with Crippen molar-refractivity contribution in [2.75, 3.05) is 11.9 Å². The number of anilines is 1. The third-order valence-electron chi connectivity index (χ3n) is 4.65. The molecule has 148 valence electrons. The molecular formula is C21H19N3O5. The van der Waals surface area contributed by atoms with Gasteiger partial charge < -0.3 is 10.1 Å². The number of hydrogen-bond acceptors (Lipinski definition) is 6. The molecule has 1 heterocycles. The van der Waals surface area contributed by atoms with Crippen molar-refractivity contribution < 1.29 is 19.2 Å². The minimum atomic E-state index is -0.649. The summed E-state index contributed by atoms with van der Waals surface area (Å²) >= 11 is 0. The number of benzene rings is 2. The normalized spacial score (nSPS) is 10.6. The Labute approximate surface area is 166 Å². The molecule has 0 bridgehead atoms. The largest absolute Gasteiger partial charge is 0.452 e. The molecule has 0 radical (unpaired) electrons. The van der Waals surface area contributed by atoms with Gasteiger partial charge in [0.25, 0.3) is 11.6 Å². The molecule has 3 rings (SSSR count). The predicted molar refractivity (Wildman–Crippen MR) is 108 cm³/mol. The van der Waals surface area contributed by atoms with Gasteiger partial charge in [-0.3, -0.25) is 19.9 Å². The van der Waals surface area contributed by atoms with E-state index in [0.29, 0.717) is 22.5 Å². The van der Waals surface area contributed by atoms with Gasteiger partial charge in [0.1, 0.15) is 0 Å². The van der Waals surface area contributed by atoms with Crippen LogP contribution in [0.1, 0.15) is 27.2 Å². The van der Waals surface area contributed by atoms with E-state index in [1.165, 1.54) is 19.1 Å². The van der Waals surface area contributed by atoms with Gasteiger partial charge in [-0.25, -0.2) is 4.79 Å². The standard InChI is InChI=1S/C21H19N3O5/c1-12-15-7-4-5-8-17(15)22-14(3)20(12)21(26)29-11-19(25)23-16-9-6-10-18(13(16)2)24(27)28/h4-10H,11H2,1-3H3,(H,23,25). The second-order valence-electron chi connectivity index (χ2n) is 6.55. The molecule has 29 heavy (non-hydrogen) atoms. The number of esters is 1. The van der Waals surface area contributed by atoms with Crippen molar-refractivity contribution in [1.29, 1.82) is 0 Å². The second-order valence-corrected chi connectivity index (χ2v) is 6.55. The molecule has 0 aliphatic rings. The maximum absolute atomic E-state index is 12.6. The summed E-state index contributed by atoms with van der Waals surface area (Å²) in [5, 5.41) is 14.4. The number of nitrogens with one attached hydrogen (secondary N) is 1. The molecule has 1 amide bonds. The van der Waals surface area contributed by atoms with E-state index in [1.807, 2.05) is 24.3 Å². The zero-order valence-corrected chi connectivity index (χ0v) is 16.2. The minimum Gasteiger partial charge on any atom is -0.452 e. The second kappa shape index (κ2) is 8.05. The topological polar surface area (TPSA) is 111 Å². The van der Waals surface area contributed by atoms with Crippen LogP contribution in [0, 0.1) is 30.9 Å². The Morgan fingerprint density at radius 3 is 2.52 bits per heavy atom. The first kappa shape index (κ1) is 19.9. The highest BCUT2D eigenvalue weighted by molar-refractivity contribution is 6.00. The number of carbonyl (C=O) groups is 2. The summed E-state index contributed by atoms with van der Waals surface area (Å²) in [7, 11) is 0. The third kappa shape index (κ3) is 4.06. The lowest BCUT2D eigenvalue weighted by molar-refractivity contribution is -0.385. The van der Waals surface area contributed by atoms with Gasteiger partial charge in [-0.2, -0.15) is 0 Å². The highest BCUT2D eigenvalue weighted by Gasteiger charge is 2.20. The highest BCUT2D eigenvalue weighted by atomic mass is 16.6. The Morgan fingerprint density at radius 1 is 1.07 bits per heavy atom. The molecule has 0 saturated carbocycles. The summed E-state index contributed by atoms with van der Waals surface area (Å²) in [6, 6.07) is 11.8. The Kier molecular flexibility index (Phi) is 5.54. The lowest BCUT2D eigenvalue weighted by atomic mass is 10.0. The van der Waals surface area contributed by atoms with Crippen LogP contribution in [0.4, 0.5) is 11.4 Å². The van der Waals surface area contributed by atoms with E-state index < -0.39 is 23.4 Å². The fraction of sp³-hybridized carbons (Fsp3) is 0.190. The maximum Gasteiger partial charge on any atom is 0.340 e. The van der Waals surface area contributed by atoms with E-state index >= 15 is 0 Å². The number of aromatic nitrogens is 1. The molecule has 0 aliphatic heterocycles. The molecule has 3 aromatic rings. The Morgan fingerprint density at radius 2 is 1.79 bits per heavy atom. The number of para-hydroxylation sites is 1. The van der Waals surface area contributed by atoms with Crippen LogP contribution in [0.3, 0.4) is 0 Å². The van der Waals surface area contributed by atoms with E-state index in [0.717, 1.165) is 16.5 Å². The first-order valence-corrected chi connectivity index (χ1v) is 8.86. The number of hydrogen-bond donors (Lipinski definition) is 1. The van der Waals surface area contributed by atoms with Gasteiger partial charge >= 0.3 is 5.97 Å². The zero-order valence-electron chi connectivity index (χ0n) is 16.2. The first-order chi connectivity index (χ1) is 13.8. The number of nitro benzene ring substituents is 1. The van der Waals surface area contributed by atoms with E-state index in [4.69, 9.17) is 4.74 Å². The Balaban J connectivity index is 1.73. The molecular weight excluding hydrogens is 374 g/mol. The number of fused-ring (bicyclic) bond motifs is 1. The van der Waals surface area contributed by atoms with Gasteiger partial charge in [0.2, 0.25) is 0 Å². The summed E-state index contributed by atoms with van der Waals surface area (Å²) < 4.78 is 5.17. The molecule has 0 spiro atoms. The van der Waals surface area contributed by atoms with Crippen LogP contribution >= 0.6 is 0 Å². The van der Waals surface area contributed by atoms with Crippen LogP contribution in [0.25, 0.3) is 10.9 Å². The number of amides is 1. The number of rotatable bonds is 5. The van der Waals surface area contributed by atoms with Crippen molar-refractivity contribution in [3.8, 4) is 0 Å². The van der Waals surface area contributed by atoms with Crippen LogP contribution in [0.5, 0.6) is 0 Å². The van der Waals surface area contributed by atoms with Gasteiger partial charge in [-0.15, -0.1) is 0 Å². The van der Waals surface area contributed by atoms with Crippen molar-refractivity contribution in [3.05, 3.63) is 75.0 Å². The summed E-state index contributed by atoms with van der Waals surface area (Å²) in [4.78, 5) is 39.7. The van der Waals surface area contributed by atoms with Crippen molar-refractivity contribution in [2.45, 2.75) is 20.8 Å². The van der Waals surface area contributed by atoms with Crippen molar-refractivity contribution in [2.24, 2.45) is 0 Å². The van der Waals surface area contributed by atoms with Gasteiger partial charge in [0.15, 0.2) is 6.61 Å². The quantitative estimate of drug-likeness (QED) is 0.400. The van der Waals surface area contributed by atoms with Crippen LogP contribution < -0.4 is 5.32 Å². The monoisotopic (exact) mass is 393 g/mol. The van der Waals surface area contributed by atoms with E-state index in [-0.39, 0.29) is 5.69 Å². The first-order valence-electron chi connectivity index (χ1n) is 8.86. The van der Waals surface area contributed by atoms with Crippen LogP contribution in [-0.4, -0.2) is 28.4 Å². The van der Waals surface area contributed by atoms with E-state index in [9.17, 15) is 19.7 Å². The number of nitrogens with zero attached hydrogens (tertiary/aromatic N) is 2. The fourth-order valence-electron chi connectivity index (χ4n) is 3.18. The Hall–Kier alpha value is -3.81. The smallest absolute Gasteiger partial charge is 0.340 e. The summed E-state index contributed by atoms with van der Waals surface area (Å²) in [6.07, 6.45) is 0. The molecule has 1 N–H and O–H groups in total. The lowest BCUT2D eigenvalue weighted by Gasteiger charge is -2.12. The molecule has 8 nitrogen and oxygen atoms in total. The minimum absolute atomic E-state index is 0.103.